The van der Waals surface area contributed by atoms with Crippen LogP contribution >= 0.6 is 11.6 Å². The summed E-state index contributed by atoms with van der Waals surface area (Å²) in [6.07, 6.45) is 2.04. The number of nitrogens with zero attached hydrogens (tertiary/aromatic N) is 1. The molecule has 0 bridgehead atoms. The molecule has 3 aromatic rings. The van der Waals surface area contributed by atoms with Crippen LogP contribution in [0.1, 0.15) is 36.5 Å². The van der Waals surface area contributed by atoms with E-state index in [9.17, 15) is 9.59 Å². The van der Waals surface area contributed by atoms with E-state index in [1.807, 2.05) is 67.6 Å². The average Bonchev–Trinajstić information content (AvgIpc) is 3.37. The first-order valence-corrected chi connectivity index (χ1v) is 12.7. The minimum atomic E-state index is -0.640. The minimum Gasteiger partial charge on any atom is -0.454 e. The third-order valence-corrected chi connectivity index (χ3v) is 6.40. The van der Waals surface area contributed by atoms with Crippen LogP contribution in [0.15, 0.2) is 72.8 Å². The lowest BCUT2D eigenvalue weighted by atomic mass is 10.0. The molecule has 0 spiro atoms. The number of carbonyl (C=O) groups excluding carboxylic acids is 2. The summed E-state index contributed by atoms with van der Waals surface area (Å²) in [5.41, 5.74) is 2.89. The van der Waals surface area contributed by atoms with Crippen LogP contribution in [0.3, 0.4) is 0 Å². The van der Waals surface area contributed by atoms with Gasteiger partial charge in [-0.05, 0) is 53.8 Å². The van der Waals surface area contributed by atoms with Crippen LogP contribution in [-0.2, 0) is 29.0 Å². The first kappa shape index (κ1) is 25.6. The first-order chi connectivity index (χ1) is 17.5. The lowest BCUT2D eigenvalue weighted by Gasteiger charge is -2.31. The smallest absolute Gasteiger partial charge is 0.243 e. The van der Waals surface area contributed by atoms with Gasteiger partial charge in [0.1, 0.15) is 6.04 Å². The molecule has 1 aliphatic heterocycles. The van der Waals surface area contributed by atoms with Gasteiger partial charge in [-0.1, -0.05) is 67.1 Å². The molecular formula is C29H31ClN2O4. The number of halogens is 1. The topological polar surface area (TPSA) is 67.9 Å². The van der Waals surface area contributed by atoms with Crippen molar-refractivity contribution in [2.75, 3.05) is 13.3 Å². The van der Waals surface area contributed by atoms with Crippen LogP contribution < -0.4 is 14.8 Å². The van der Waals surface area contributed by atoms with Crippen molar-refractivity contribution >= 4 is 23.4 Å². The van der Waals surface area contributed by atoms with E-state index in [2.05, 4.69) is 5.32 Å². The van der Waals surface area contributed by atoms with Crippen molar-refractivity contribution in [2.45, 2.75) is 45.2 Å². The summed E-state index contributed by atoms with van der Waals surface area (Å²) >= 11 is 6.08. The van der Waals surface area contributed by atoms with Crippen LogP contribution in [0.4, 0.5) is 0 Å². The number of ether oxygens (including phenoxy) is 2. The van der Waals surface area contributed by atoms with E-state index < -0.39 is 6.04 Å². The zero-order valence-electron chi connectivity index (χ0n) is 20.4. The molecule has 1 heterocycles. The summed E-state index contributed by atoms with van der Waals surface area (Å²) in [7, 11) is 0. The van der Waals surface area contributed by atoms with Crippen molar-refractivity contribution in [1.82, 2.24) is 10.2 Å². The molecule has 188 valence electrons. The molecular weight excluding hydrogens is 476 g/mol. The number of aryl methyl sites for hydroxylation is 1. The molecule has 1 aliphatic rings. The Labute approximate surface area is 217 Å². The minimum absolute atomic E-state index is 0.0878. The molecule has 0 aliphatic carbocycles. The number of fused-ring (bicyclic) bond motifs is 1. The Bertz CT molecular complexity index is 1170. The standard InChI is InChI=1S/C29H31ClN2O4/c1-2-16-31-29(34)25(17-21-6-4-3-5-7-21)32(19-23-8-12-24(30)13-9-23)28(33)15-11-22-10-14-26-27(18-22)36-20-35-26/h3-10,12-14,18,25H,2,11,15-17,19-20H2,1H3,(H,31,34). The summed E-state index contributed by atoms with van der Waals surface area (Å²) < 4.78 is 10.9. The summed E-state index contributed by atoms with van der Waals surface area (Å²) in [5.74, 6) is 1.17. The molecule has 0 saturated carbocycles. The lowest BCUT2D eigenvalue weighted by Crippen LogP contribution is -2.50. The second kappa shape index (κ2) is 12.5. The first-order valence-electron chi connectivity index (χ1n) is 12.3. The van der Waals surface area contributed by atoms with Crippen molar-refractivity contribution in [3.05, 3.63) is 94.5 Å². The molecule has 0 aromatic heterocycles. The number of nitrogens with one attached hydrogen (secondary N) is 1. The third kappa shape index (κ3) is 6.79. The molecule has 4 rings (SSSR count). The number of amides is 2. The van der Waals surface area contributed by atoms with Gasteiger partial charge in [-0.25, -0.2) is 0 Å². The predicted octanol–water partition coefficient (Wildman–Crippen LogP) is 5.17. The van der Waals surface area contributed by atoms with Gasteiger partial charge < -0.3 is 19.7 Å². The Hall–Kier alpha value is -3.51. The summed E-state index contributed by atoms with van der Waals surface area (Å²) in [4.78, 5) is 28.7. The number of hydrogen-bond donors (Lipinski definition) is 1. The fourth-order valence-electron chi connectivity index (χ4n) is 4.20. The van der Waals surface area contributed by atoms with Crippen molar-refractivity contribution in [1.29, 1.82) is 0 Å². The van der Waals surface area contributed by atoms with Gasteiger partial charge >= 0.3 is 0 Å². The Balaban J connectivity index is 1.57. The van der Waals surface area contributed by atoms with Gasteiger partial charge in [0.05, 0.1) is 0 Å². The highest BCUT2D eigenvalue weighted by Gasteiger charge is 2.30. The van der Waals surface area contributed by atoms with Gasteiger partial charge in [-0.3, -0.25) is 9.59 Å². The maximum atomic E-state index is 13.7. The average molecular weight is 507 g/mol. The maximum absolute atomic E-state index is 13.7. The second-order valence-electron chi connectivity index (χ2n) is 8.83. The largest absolute Gasteiger partial charge is 0.454 e. The van der Waals surface area contributed by atoms with E-state index in [1.54, 1.807) is 17.0 Å². The highest BCUT2D eigenvalue weighted by molar-refractivity contribution is 6.30. The van der Waals surface area contributed by atoms with Crippen molar-refractivity contribution in [3.63, 3.8) is 0 Å². The van der Waals surface area contributed by atoms with Gasteiger partial charge in [0, 0.05) is 31.0 Å². The lowest BCUT2D eigenvalue weighted by molar-refractivity contribution is -0.141. The zero-order valence-corrected chi connectivity index (χ0v) is 21.2. The normalized spacial score (nSPS) is 12.7. The molecule has 36 heavy (non-hydrogen) atoms. The molecule has 7 heteroatoms. The van der Waals surface area contributed by atoms with Gasteiger partial charge in [-0.15, -0.1) is 0 Å². The Morgan fingerprint density at radius 2 is 1.67 bits per heavy atom. The predicted molar refractivity (Wildman–Crippen MR) is 140 cm³/mol. The van der Waals surface area contributed by atoms with Gasteiger partial charge in [-0.2, -0.15) is 0 Å². The summed E-state index contributed by atoms with van der Waals surface area (Å²) in [5, 5.41) is 3.63. The van der Waals surface area contributed by atoms with Crippen LogP contribution in [-0.4, -0.2) is 36.1 Å². The van der Waals surface area contributed by atoms with Gasteiger partial charge in [0.25, 0.3) is 0 Å². The van der Waals surface area contributed by atoms with E-state index in [1.165, 1.54) is 0 Å². The molecule has 6 nitrogen and oxygen atoms in total. The fourth-order valence-corrected chi connectivity index (χ4v) is 4.32. The van der Waals surface area contributed by atoms with E-state index in [4.69, 9.17) is 21.1 Å². The van der Waals surface area contributed by atoms with Gasteiger partial charge in [0.15, 0.2) is 11.5 Å². The number of benzene rings is 3. The number of carbonyl (C=O) groups is 2. The summed E-state index contributed by atoms with van der Waals surface area (Å²) in [6, 6.07) is 22.3. The zero-order chi connectivity index (χ0) is 25.3. The quantitative estimate of drug-likeness (QED) is 0.389. The fraction of sp³-hybridized carbons (Fsp3) is 0.310. The monoisotopic (exact) mass is 506 g/mol. The van der Waals surface area contributed by atoms with E-state index in [0.717, 1.165) is 23.1 Å². The molecule has 2 amide bonds. The molecule has 1 unspecified atom stereocenters. The highest BCUT2D eigenvalue weighted by Crippen LogP contribution is 2.33. The van der Waals surface area contributed by atoms with Crippen molar-refractivity contribution < 1.29 is 19.1 Å². The molecule has 1 atom stereocenters. The van der Waals surface area contributed by atoms with Crippen LogP contribution in [0.5, 0.6) is 11.5 Å². The van der Waals surface area contributed by atoms with Crippen LogP contribution in [0, 0.1) is 0 Å². The van der Waals surface area contributed by atoms with Gasteiger partial charge in [0.2, 0.25) is 18.6 Å². The molecule has 3 aromatic carbocycles. The molecule has 0 radical (unpaired) electrons. The van der Waals surface area contributed by atoms with Crippen molar-refractivity contribution in [3.8, 4) is 11.5 Å². The second-order valence-corrected chi connectivity index (χ2v) is 9.27. The SMILES string of the molecule is CCCNC(=O)C(Cc1ccccc1)N(Cc1ccc(Cl)cc1)C(=O)CCc1ccc2c(c1)OCO2. The Morgan fingerprint density at radius 1 is 0.944 bits per heavy atom. The maximum Gasteiger partial charge on any atom is 0.243 e. The van der Waals surface area contributed by atoms with E-state index in [0.29, 0.717) is 42.5 Å². The number of hydrogen-bond acceptors (Lipinski definition) is 4. The van der Waals surface area contributed by atoms with E-state index >= 15 is 0 Å². The highest BCUT2D eigenvalue weighted by atomic mass is 35.5. The molecule has 1 N–H and O–H groups in total. The van der Waals surface area contributed by atoms with Crippen molar-refractivity contribution in [2.24, 2.45) is 0 Å². The molecule has 0 saturated heterocycles. The third-order valence-electron chi connectivity index (χ3n) is 6.15. The van der Waals surface area contributed by atoms with E-state index in [-0.39, 0.29) is 25.0 Å². The Kier molecular flexibility index (Phi) is 8.85. The van der Waals surface area contributed by atoms with Crippen LogP contribution in [0.2, 0.25) is 5.02 Å². The number of rotatable bonds is 11. The molecule has 0 fully saturated rings. The summed E-state index contributed by atoms with van der Waals surface area (Å²) in [6.45, 7) is 3.09. The Morgan fingerprint density at radius 3 is 2.42 bits per heavy atom. The van der Waals surface area contributed by atoms with Crippen LogP contribution in [0.25, 0.3) is 0 Å².